The molecule has 29 heavy (non-hydrogen) atoms. The Hall–Kier alpha value is -2.68. The van der Waals surface area contributed by atoms with E-state index in [1.165, 1.54) is 5.56 Å². The van der Waals surface area contributed by atoms with Gasteiger partial charge < -0.3 is 0 Å². The molecule has 1 aliphatic carbocycles. The van der Waals surface area contributed by atoms with Crippen LogP contribution in [0.1, 0.15) is 62.6 Å². The normalized spacial score (nSPS) is 21.4. The van der Waals surface area contributed by atoms with E-state index in [9.17, 15) is 9.59 Å². The Morgan fingerprint density at radius 1 is 1.03 bits per heavy atom. The van der Waals surface area contributed by atoms with Crippen molar-refractivity contribution in [2.45, 2.75) is 59.3 Å². The van der Waals surface area contributed by atoms with Crippen LogP contribution >= 0.6 is 0 Å². The largest absolute Gasteiger partial charge is 0.294 e. The monoisotopic (exact) mass is 387 g/mol. The number of Topliss-reactive ketones (excluding diaryl/α,β-unsaturated/α-hetero) is 1. The minimum atomic E-state index is -0.147. The number of ketones is 1. The van der Waals surface area contributed by atoms with Gasteiger partial charge in [0.05, 0.1) is 0 Å². The van der Waals surface area contributed by atoms with Crippen molar-refractivity contribution in [2.75, 3.05) is 4.90 Å². The van der Waals surface area contributed by atoms with E-state index in [0.29, 0.717) is 12.8 Å². The second kappa shape index (κ2) is 7.29. The lowest BCUT2D eigenvalue weighted by molar-refractivity contribution is -0.121. The first kappa shape index (κ1) is 19.6. The Morgan fingerprint density at radius 3 is 2.41 bits per heavy atom. The second-order valence-corrected chi connectivity index (χ2v) is 9.22. The van der Waals surface area contributed by atoms with Crippen LogP contribution in [0.3, 0.4) is 0 Å². The van der Waals surface area contributed by atoms with Crippen LogP contribution in [-0.4, -0.2) is 11.7 Å². The van der Waals surface area contributed by atoms with E-state index in [-0.39, 0.29) is 23.0 Å². The number of nitrogens with zero attached hydrogens (tertiary/aromatic N) is 1. The summed E-state index contributed by atoms with van der Waals surface area (Å²) in [5.74, 6) is 0.114. The maximum atomic E-state index is 13.4. The third kappa shape index (κ3) is 3.66. The van der Waals surface area contributed by atoms with E-state index in [2.05, 4.69) is 52.0 Å². The van der Waals surface area contributed by atoms with Gasteiger partial charge in [0, 0.05) is 35.7 Å². The van der Waals surface area contributed by atoms with E-state index in [1.54, 1.807) is 0 Å². The van der Waals surface area contributed by atoms with Gasteiger partial charge in [-0.1, -0.05) is 62.7 Å². The van der Waals surface area contributed by atoms with Crippen molar-refractivity contribution >= 4 is 17.4 Å². The van der Waals surface area contributed by atoms with Crippen LogP contribution in [0.4, 0.5) is 5.69 Å². The van der Waals surface area contributed by atoms with Crippen molar-refractivity contribution in [3.05, 3.63) is 76.5 Å². The molecule has 1 heterocycles. The molecular weight excluding hydrogens is 358 g/mol. The van der Waals surface area contributed by atoms with Crippen molar-refractivity contribution in [3.63, 3.8) is 0 Å². The van der Waals surface area contributed by atoms with Crippen molar-refractivity contribution in [2.24, 2.45) is 5.41 Å². The number of hydrogen-bond donors (Lipinski definition) is 0. The van der Waals surface area contributed by atoms with Crippen LogP contribution < -0.4 is 4.90 Å². The van der Waals surface area contributed by atoms with Crippen molar-refractivity contribution in [1.82, 2.24) is 0 Å². The van der Waals surface area contributed by atoms with Gasteiger partial charge in [0.1, 0.15) is 0 Å². The van der Waals surface area contributed by atoms with E-state index in [0.717, 1.165) is 40.9 Å². The molecule has 1 amide bonds. The molecule has 0 bridgehead atoms. The van der Waals surface area contributed by atoms with Gasteiger partial charge in [0.25, 0.3) is 0 Å². The number of anilines is 1. The number of hydrogen-bond acceptors (Lipinski definition) is 2. The van der Waals surface area contributed by atoms with Gasteiger partial charge in [-0.2, -0.15) is 0 Å². The lowest BCUT2D eigenvalue weighted by atomic mass is 9.69. The molecule has 3 heteroatoms. The maximum absolute atomic E-state index is 13.4. The number of rotatable bonds is 3. The minimum Gasteiger partial charge on any atom is -0.294 e. The van der Waals surface area contributed by atoms with E-state index in [1.807, 2.05) is 29.2 Å². The number of amides is 1. The van der Waals surface area contributed by atoms with E-state index < -0.39 is 0 Å². The van der Waals surface area contributed by atoms with Crippen molar-refractivity contribution in [1.29, 1.82) is 0 Å². The van der Waals surface area contributed by atoms with Gasteiger partial charge in [0.15, 0.2) is 5.78 Å². The quantitative estimate of drug-likeness (QED) is 0.675. The third-order valence-corrected chi connectivity index (χ3v) is 6.19. The van der Waals surface area contributed by atoms with Gasteiger partial charge in [-0.05, 0) is 48.4 Å². The fraction of sp³-hybridized carbons (Fsp3) is 0.385. The lowest BCUT2D eigenvalue weighted by Crippen LogP contribution is -2.43. The molecule has 0 radical (unpaired) electrons. The predicted octanol–water partition coefficient (Wildman–Crippen LogP) is 5.72. The highest BCUT2D eigenvalue weighted by molar-refractivity contribution is 6.07. The van der Waals surface area contributed by atoms with Gasteiger partial charge >= 0.3 is 0 Å². The molecular formula is C26H29NO2. The molecule has 0 fully saturated rings. The van der Waals surface area contributed by atoms with Gasteiger partial charge in [0.2, 0.25) is 5.91 Å². The first-order valence-corrected chi connectivity index (χ1v) is 10.5. The standard InChI is InChI=1S/C26H29NO2/c1-5-18-9-11-20(12-10-18)27-22-15-26(3,4)16-23(28)25(22)21(14-24(27)29)19-8-6-7-17(2)13-19/h6-13,21H,5,14-16H2,1-4H3. The van der Waals surface area contributed by atoms with Crippen molar-refractivity contribution < 1.29 is 9.59 Å². The zero-order chi connectivity index (χ0) is 20.8. The Kier molecular flexibility index (Phi) is 4.94. The van der Waals surface area contributed by atoms with Crippen LogP contribution in [0.5, 0.6) is 0 Å². The molecule has 0 saturated carbocycles. The average Bonchev–Trinajstić information content (AvgIpc) is 2.66. The maximum Gasteiger partial charge on any atom is 0.232 e. The smallest absolute Gasteiger partial charge is 0.232 e. The summed E-state index contributed by atoms with van der Waals surface area (Å²) in [7, 11) is 0. The molecule has 3 nitrogen and oxygen atoms in total. The summed E-state index contributed by atoms with van der Waals surface area (Å²) in [6.07, 6.45) is 2.57. The molecule has 4 rings (SSSR count). The highest BCUT2D eigenvalue weighted by Crippen LogP contribution is 2.48. The number of benzene rings is 2. The predicted molar refractivity (Wildman–Crippen MR) is 117 cm³/mol. The van der Waals surface area contributed by atoms with E-state index >= 15 is 0 Å². The fourth-order valence-electron chi connectivity index (χ4n) is 4.77. The summed E-state index contributed by atoms with van der Waals surface area (Å²) < 4.78 is 0. The van der Waals surface area contributed by atoms with Crippen LogP contribution in [0.25, 0.3) is 0 Å². The molecule has 0 N–H and O–H groups in total. The fourth-order valence-corrected chi connectivity index (χ4v) is 4.77. The molecule has 1 unspecified atom stereocenters. The molecule has 0 saturated heterocycles. The number of aryl methyl sites for hydroxylation is 2. The molecule has 2 aliphatic rings. The van der Waals surface area contributed by atoms with Gasteiger partial charge in [-0.25, -0.2) is 0 Å². The van der Waals surface area contributed by atoms with Crippen molar-refractivity contribution in [3.8, 4) is 0 Å². The van der Waals surface area contributed by atoms with Crippen LogP contribution in [-0.2, 0) is 16.0 Å². The number of allylic oxidation sites excluding steroid dienone is 2. The summed E-state index contributed by atoms with van der Waals surface area (Å²) in [5, 5.41) is 0. The second-order valence-electron chi connectivity index (χ2n) is 9.22. The van der Waals surface area contributed by atoms with Gasteiger partial charge in [-0.15, -0.1) is 0 Å². The Bertz CT molecular complexity index is 998. The topological polar surface area (TPSA) is 37.4 Å². The Labute approximate surface area is 173 Å². The highest BCUT2D eigenvalue weighted by atomic mass is 16.2. The molecule has 0 aromatic heterocycles. The van der Waals surface area contributed by atoms with Crippen LogP contribution in [0.15, 0.2) is 59.8 Å². The summed E-state index contributed by atoms with van der Waals surface area (Å²) >= 11 is 0. The first-order chi connectivity index (χ1) is 13.8. The van der Waals surface area contributed by atoms with Gasteiger partial charge in [-0.3, -0.25) is 14.5 Å². The summed E-state index contributed by atoms with van der Waals surface area (Å²) in [6.45, 7) is 8.41. The molecule has 1 aliphatic heterocycles. The minimum absolute atomic E-state index is 0.0741. The van der Waals surface area contributed by atoms with Crippen LogP contribution in [0.2, 0.25) is 0 Å². The average molecular weight is 388 g/mol. The zero-order valence-corrected chi connectivity index (χ0v) is 17.8. The number of carbonyl (C=O) groups is 2. The van der Waals surface area contributed by atoms with Crippen LogP contribution in [0, 0.1) is 12.3 Å². The highest BCUT2D eigenvalue weighted by Gasteiger charge is 2.44. The number of carbonyl (C=O) groups excluding carboxylic acids is 2. The summed E-state index contributed by atoms with van der Waals surface area (Å²) in [6, 6.07) is 16.4. The van der Waals surface area contributed by atoms with E-state index in [4.69, 9.17) is 0 Å². The molecule has 0 spiro atoms. The molecule has 2 aromatic carbocycles. The lowest BCUT2D eigenvalue weighted by Gasteiger charge is -2.43. The third-order valence-electron chi connectivity index (χ3n) is 6.19. The Morgan fingerprint density at radius 2 is 1.76 bits per heavy atom. The first-order valence-electron chi connectivity index (χ1n) is 10.5. The molecule has 1 atom stereocenters. The zero-order valence-electron chi connectivity index (χ0n) is 17.8. The SMILES string of the molecule is CCc1ccc(N2C(=O)CC(c3cccc(C)c3)C3=C2CC(C)(C)CC3=O)cc1. The summed E-state index contributed by atoms with van der Waals surface area (Å²) in [4.78, 5) is 28.5. The Balaban J connectivity index is 1.87. The summed E-state index contributed by atoms with van der Waals surface area (Å²) in [5.41, 5.74) is 5.93. The molecule has 2 aromatic rings. The molecule has 150 valence electrons.